The van der Waals surface area contributed by atoms with Gasteiger partial charge in [0.15, 0.2) is 0 Å². The van der Waals surface area contributed by atoms with Gasteiger partial charge in [-0.15, -0.1) is 0 Å². The Morgan fingerprint density at radius 3 is 1.88 bits per heavy atom. The molecule has 0 heterocycles. The maximum Gasteiger partial charge on any atom is 0.343 e. The Bertz CT molecular complexity index is 1040. The molecule has 0 atom stereocenters. The smallest absolute Gasteiger partial charge is 0.343 e. The summed E-state index contributed by atoms with van der Waals surface area (Å²) >= 11 is 0. The fraction of sp³-hybridized carbons (Fsp3) is 0. The van der Waals surface area contributed by atoms with Crippen molar-refractivity contribution in [3.63, 3.8) is 0 Å². The van der Waals surface area contributed by atoms with Crippen LogP contribution in [-0.4, -0.2) is 39.0 Å². The van der Waals surface area contributed by atoms with Gasteiger partial charge in [-0.05, 0) is 42.5 Å². The molecular formula is C14H11NO8S2. The Balaban J connectivity index is 2.39. The number of hydrogen-bond acceptors (Lipinski definition) is 6. The van der Waals surface area contributed by atoms with Gasteiger partial charge in [-0.2, -0.15) is 8.42 Å². The molecule has 25 heavy (non-hydrogen) atoms. The Hall–Kier alpha value is -2.92. The highest BCUT2D eigenvalue weighted by molar-refractivity contribution is 8.67. The summed E-state index contributed by atoms with van der Waals surface area (Å²) in [4.78, 5) is 20.9. The van der Waals surface area contributed by atoms with Crippen LogP contribution in [0.4, 0.5) is 5.69 Å². The molecule has 0 unspecified atom stereocenters. The van der Waals surface area contributed by atoms with Gasteiger partial charge >= 0.3 is 21.0 Å². The Kier molecular flexibility index (Phi) is 4.81. The van der Waals surface area contributed by atoms with Crippen LogP contribution >= 0.6 is 0 Å². The van der Waals surface area contributed by atoms with E-state index in [1.54, 1.807) is 0 Å². The molecule has 2 rings (SSSR count). The Morgan fingerprint density at radius 1 is 0.800 bits per heavy atom. The fourth-order valence-corrected chi connectivity index (χ4v) is 4.78. The third kappa shape index (κ3) is 3.78. The number of carboxylic acids is 2. The molecule has 0 aliphatic rings. The van der Waals surface area contributed by atoms with Gasteiger partial charge in [0.05, 0.1) is 16.0 Å². The van der Waals surface area contributed by atoms with E-state index in [0.29, 0.717) is 0 Å². The largest absolute Gasteiger partial charge is 0.478 e. The fourth-order valence-electron chi connectivity index (χ4n) is 1.79. The lowest BCUT2D eigenvalue weighted by molar-refractivity contribution is 0.0686. The summed E-state index contributed by atoms with van der Waals surface area (Å²) in [5, 5.41) is 17.7. The number of nitrogens with one attached hydrogen (secondary N) is 1. The molecule has 11 heteroatoms. The monoisotopic (exact) mass is 385 g/mol. The first kappa shape index (κ1) is 18.4. The lowest BCUT2D eigenvalue weighted by Gasteiger charge is -2.09. The molecule has 132 valence electrons. The van der Waals surface area contributed by atoms with E-state index in [1.807, 2.05) is 4.72 Å². The summed E-state index contributed by atoms with van der Waals surface area (Å²) < 4.78 is 50.7. The summed E-state index contributed by atoms with van der Waals surface area (Å²) in [6.07, 6.45) is 0. The molecule has 2 aromatic rings. The van der Waals surface area contributed by atoms with Crippen molar-refractivity contribution in [2.45, 2.75) is 4.90 Å². The van der Waals surface area contributed by atoms with E-state index in [1.165, 1.54) is 0 Å². The number of hydrogen-bond donors (Lipinski definition) is 3. The summed E-state index contributed by atoms with van der Waals surface area (Å²) in [6.45, 7) is 0. The van der Waals surface area contributed by atoms with Crippen LogP contribution in [-0.2, 0) is 17.9 Å². The number of benzene rings is 2. The lowest BCUT2D eigenvalue weighted by Crippen LogP contribution is -2.23. The average molecular weight is 385 g/mol. The molecule has 0 saturated carbocycles. The summed E-state index contributed by atoms with van der Waals surface area (Å²) in [5.41, 5.74) is -0.662. The van der Waals surface area contributed by atoms with Gasteiger partial charge in [-0.3, -0.25) is 4.72 Å². The second kappa shape index (κ2) is 6.53. The molecule has 0 spiro atoms. The molecular weight excluding hydrogens is 374 g/mol. The summed E-state index contributed by atoms with van der Waals surface area (Å²) in [6, 6.07) is 8.27. The maximum absolute atomic E-state index is 12.3. The van der Waals surface area contributed by atoms with Gasteiger partial charge in [0, 0.05) is 5.69 Å². The minimum Gasteiger partial charge on any atom is -0.478 e. The molecule has 0 aliphatic heterocycles. The predicted molar refractivity (Wildman–Crippen MR) is 86.5 cm³/mol. The topological polar surface area (TPSA) is 155 Å². The zero-order valence-electron chi connectivity index (χ0n) is 12.3. The van der Waals surface area contributed by atoms with Gasteiger partial charge in [-0.25, -0.2) is 18.0 Å². The van der Waals surface area contributed by atoms with Crippen LogP contribution in [0.25, 0.3) is 0 Å². The zero-order chi connectivity index (χ0) is 18.8. The van der Waals surface area contributed by atoms with E-state index in [0.717, 1.165) is 48.5 Å². The van der Waals surface area contributed by atoms with Crippen molar-refractivity contribution in [2.24, 2.45) is 0 Å². The molecule has 9 nitrogen and oxygen atoms in total. The minimum atomic E-state index is -4.96. The zero-order valence-corrected chi connectivity index (χ0v) is 13.9. The molecule has 0 aromatic heterocycles. The van der Waals surface area contributed by atoms with Gasteiger partial charge in [0.2, 0.25) is 0 Å². The van der Waals surface area contributed by atoms with Gasteiger partial charge in [-0.1, -0.05) is 6.07 Å². The highest BCUT2D eigenvalue weighted by Gasteiger charge is 2.32. The second-order valence-corrected chi connectivity index (χ2v) is 9.85. The number of anilines is 1. The molecule has 0 bridgehead atoms. The van der Waals surface area contributed by atoms with Crippen LogP contribution in [0.3, 0.4) is 0 Å². The maximum atomic E-state index is 12.3. The van der Waals surface area contributed by atoms with Crippen LogP contribution in [0.5, 0.6) is 0 Å². The summed E-state index contributed by atoms with van der Waals surface area (Å²) in [7, 11) is -9.90. The first-order valence-corrected chi connectivity index (χ1v) is 9.97. The van der Waals surface area contributed by atoms with Crippen LogP contribution in [0, 0.1) is 0 Å². The standard InChI is InChI=1S/C14H11NO8S2/c16-13(17)9-4-6-11(7-5-9)15-25(22,23)24(20,21)12-3-1-2-10(8-12)14(18)19/h1-8,15H,(H,16,17)(H,18,19). The van der Waals surface area contributed by atoms with E-state index >= 15 is 0 Å². The first-order valence-electron chi connectivity index (χ1n) is 6.49. The van der Waals surface area contributed by atoms with Crippen LogP contribution < -0.4 is 4.72 Å². The number of carbonyl (C=O) groups is 2. The second-order valence-electron chi connectivity index (χ2n) is 4.73. The molecule has 2 aromatic carbocycles. The SMILES string of the molecule is O=C(O)c1ccc(NS(=O)(=O)S(=O)(=O)c2cccc(C(=O)O)c2)cc1. The highest BCUT2D eigenvalue weighted by atomic mass is 33.2. The quantitative estimate of drug-likeness (QED) is 0.627. The van der Waals surface area contributed by atoms with Crippen molar-refractivity contribution in [3.05, 3.63) is 59.7 Å². The number of aromatic carboxylic acids is 2. The molecule has 0 aliphatic carbocycles. The van der Waals surface area contributed by atoms with E-state index < -0.39 is 34.8 Å². The van der Waals surface area contributed by atoms with Crippen LogP contribution in [0.15, 0.2) is 53.4 Å². The van der Waals surface area contributed by atoms with Crippen LogP contribution in [0.1, 0.15) is 20.7 Å². The molecule has 0 fully saturated rings. The third-order valence-electron chi connectivity index (χ3n) is 3.03. The van der Waals surface area contributed by atoms with Gasteiger partial charge in [0.1, 0.15) is 0 Å². The lowest BCUT2D eigenvalue weighted by atomic mass is 10.2. The third-order valence-corrected chi connectivity index (χ3v) is 7.49. The van der Waals surface area contributed by atoms with Crippen molar-refractivity contribution in [2.75, 3.05) is 4.72 Å². The van der Waals surface area contributed by atoms with E-state index in [4.69, 9.17) is 10.2 Å². The van der Waals surface area contributed by atoms with Crippen molar-refractivity contribution in [1.29, 1.82) is 0 Å². The highest BCUT2D eigenvalue weighted by Crippen LogP contribution is 2.21. The van der Waals surface area contributed by atoms with Crippen LogP contribution in [0.2, 0.25) is 0 Å². The molecule has 0 radical (unpaired) electrons. The normalized spacial score (nSPS) is 11.7. The van der Waals surface area contributed by atoms with Gasteiger partial charge < -0.3 is 10.2 Å². The Labute approximate surface area is 141 Å². The molecule has 0 amide bonds. The molecule has 3 N–H and O–H groups in total. The Morgan fingerprint density at radius 2 is 1.36 bits per heavy atom. The summed E-state index contributed by atoms with van der Waals surface area (Å²) in [5.74, 6) is -2.64. The van der Waals surface area contributed by atoms with Crippen molar-refractivity contribution < 1.29 is 36.6 Å². The minimum absolute atomic E-state index is 0.111. The van der Waals surface area contributed by atoms with Crippen molar-refractivity contribution in [3.8, 4) is 0 Å². The molecule has 0 saturated heterocycles. The number of rotatable bonds is 6. The van der Waals surface area contributed by atoms with E-state index in [2.05, 4.69) is 0 Å². The van der Waals surface area contributed by atoms with E-state index in [-0.39, 0.29) is 16.8 Å². The van der Waals surface area contributed by atoms with Gasteiger partial charge in [0.25, 0.3) is 8.87 Å². The van der Waals surface area contributed by atoms with E-state index in [9.17, 15) is 26.4 Å². The number of carboxylic acid groups (broad SMARTS) is 2. The van der Waals surface area contributed by atoms with Crippen molar-refractivity contribution >= 4 is 35.6 Å². The first-order chi connectivity index (χ1) is 11.5. The predicted octanol–water partition coefficient (Wildman–Crippen LogP) is 1.21. The average Bonchev–Trinajstić information content (AvgIpc) is 2.54. The van der Waals surface area contributed by atoms with Crippen molar-refractivity contribution in [1.82, 2.24) is 0 Å².